The molecule has 0 aromatic carbocycles. The molecule has 0 bridgehead atoms. The summed E-state index contributed by atoms with van der Waals surface area (Å²) in [5.41, 5.74) is -0.115. The van der Waals surface area contributed by atoms with Crippen molar-refractivity contribution < 1.29 is 8.78 Å². The highest BCUT2D eigenvalue weighted by Crippen LogP contribution is 2.31. The molecule has 1 aliphatic rings. The summed E-state index contributed by atoms with van der Waals surface area (Å²) in [6, 6.07) is 0.293. The van der Waals surface area contributed by atoms with Gasteiger partial charge in [0.25, 0.3) is 5.92 Å². The normalized spacial score (nSPS) is 17.1. The van der Waals surface area contributed by atoms with Crippen molar-refractivity contribution in [3.8, 4) is 0 Å². The minimum atomic E-state index is -2.86. The van der Waals surface area contributed by atoms with E-state index in [1.165, 1.54) is 6.20 Å². The Kier molecular flexibility index (Phi) is 5.07. The van der Waals surface area contributed by atoms with Gasteiger partial charge in [0.1, 0.15) is 11.5 Å². The second-order valence-corrected chi connectivity index (χ2v) is 5.31. The van der Waals surface area contributed by atoms with E-state index in [0.717, 1.165) is 25.8 Å². The summed E-state index contributed by atoms with van der Waals surface area (Å²) < 4.78 is 28.5. The van der Waals surface area contributed by atoms with Crippen molar-refractivity contribution in [3.05, 3.63) is 17.7 Å². The van der Waals surface area contributed by atoms with Crippen LogP contribution in [-0.4, -0.2) is 34.6 Å². The number of likely N-dealkylation sites (tertiary alicyclic amines) is 1. The van der Waals surface area contributed by atoms with Gasteiger partial charge in [-0.2, -0.15) is 8.78 Å². The molecule has 5 heteroatoms. The van der Waals surface area contributed by atoms with Gasteiger partial charge in [0.2, 0.25) is 0 Å². The number of hydrogen-bond acceptors (Lipinski definition) is 2. The van der Waals surface area contributed by atoms with Crippen molar-refractivity contribution in [2.24, 2.45) is 0 Å². The standard InChI is InChI=1S/C12H19F2N3.C2H6/c1-8(2)11-15-10(12(3,13)14)7-17(11)9-5-16(4)6-9;1-2/h7-9H,5-6H2,1-4H3;1-2H3. The Bertz CT molecular complexity index is 401. The van der Waals surface area contributed by atoms with Gasteiger partial charge in [-0.1, -0.05) is 27.7 Å². The second-order valence-electron chi connectivity index (χ2n) is 5.31. The number of nitrogens with zero attached hydrogens (tertiary/aromatic N) is 3. The Morgan fingerprint density at radius 2 is 1.84 bits per heavy atom. The van der Waals surface area contributed by atoms with E-state index in [1.54, 1.807) is 0 Å². The SMILES string of the molecule is CC.CC(C)c1nc(C(C)(F)F)cn1C1CN(C)C1. The quantitative estimate of drug-likeness (QED) is 0.838. The number of imidazole rings is 1. The largest absolute Gasteiger partial charge is 0.329 e. The molecule has 0 saturated carbocycles. The highest BCUT2D eigenvalue weighted by molar-refractivity contribution is 5.14. The molecule has 0 radical (unpaired) electrons. The van der Waals surface area contributed by atoms with Gasteiger partial charge in [-0.15, -0.1) is 0 Å². The van der Waals surface area contributed by atoms with Crippen LogP contribution >= 0.6 is 0 Å². The molecule has 0 unspecified atom stereocenters. The maximum Gasteiger partial charge on any atom is 0.288 e. The molecule has 0 aliphatic carbocycles. The zero-order valence-corrected chi connectivity index (χ0v) is 12.7. The lowest BCUT2D eigenvalue weighted by Crippen LogP contribution is -2.45. The molecule has 0 amide bonds. The van der Waals surface area contributed by atoms with Crippen LogP contribution in [0.25, 0.3) is 0 Å². The van der Waals surface area contributed by atoms with Gasteiger partial charge in [-0.3, -0.25) is 0 Å². The summed E-state index contributed by atoms with van der Waals surface area (Å²) in [6.45, 7) is 10.7. The number of rotatable bonds is 3. The minimum Gasteiger partial charge on any atom is -0.329 e. The Morgan fingerprint density at radius 3 is 2.21 bits per heavy atom. The van der Waals surface area contributed by atoms with Crippen molar-refractivity contribution in [2.75, 3.05) is 20.1 Å². The van der Waals surface area contributed by atoms with E-state index in [0.29, 0.717) is 6.04 Å². The predicted octanol–water partition coefficient (Wildman–Crippen LogP) is 3.63. The van der Waals surface area contributed by atoms with Crippen LogP contribution in [-0.2, 0) is 5.92 Å². The zero-order chi connectivity index (χ0) is 14.8. The first-order valence-corrected chi connectivity index (χ1v) is 6.94. The first kappa shape index (κ1) is 16.1. The van der Waals surface area contributed by atoms with E-state index in [1.807, 2.05) is 39.3 Å². The average Bonchev–Trinajstić information content (AvgIpc) is 2.71. The number of halogens is 2. The summed E-state index contributed by atoms with van der Waals surface area (Å²) in [6.07, 6.45) is 1.52. The number of hydrogen-bond donors (Lipinski definition) is 0. The molecule has 0 N–H and O–H groups in total. The van der Waals surface area contributed by atoms with E-state index in [9.17, 15) is 8.78 Å². The summed E-state index contributed by atoms with van der Waals surface area (Å²) in [5, 5.41) is 0. The summed E-state index contributed by atoms with van der Waals surface area (Å²) >= 11 is 0. The molecule has 0 spiro atoms. The smallest absolute Gasteiger partial charge is 0.288 e. The van der Waals surface area contributed by atoms with E-state index < -0.39 is 5.92 Å². The fourth-order valence-electron chi connectivity index (χ4n) is 2.18. The highest BCUT2D eigenvalue weighted by atomic mass is 19.3. The maximum absolute atomic E-state index is 13.3. The zero-order valence-electron chi connectivity index (χ0n) is 12.7. The van der Waals surface area contributed by atoms with Crippen LogP contribution < -0.4 is 0 Å². The topological polar surface area (TPSA) is 21.1 Å². The van der Waals surface area contributed by atoms with Crippen LogP contribution in [0.2, 0.25) is 0 Å². The van der Waals surface area contributed by atoms with Crippen molar-refractivity contribution in [1.29, 1.82) is 0 Å². The Hall–Kier alpha value is -0.970. The Morgan fingerprint density at radius 1 is 1.32 bits per heavy atom. The van der Waals surface area contributed by atoms with Gasteiger partial charge in [-0.25, -0.2) is 4.98 Å². The van der Waals surface area contributed by atoms with Gasteiger partial charge < -0.3 is 9.47 Å². The van der Waals surface area contributed by atoms with Crippen LogP contribution in [0, 0.1) is 0 Å². The Labute approximate surface area is 114 Å². The van der Waals surface area contributed by atoms with Crippen LogP contribution in [0.5, 0.6) is 0 Å². The predicted molar refractivity (Wildman–Crippen MR) is 73.8 cm³/mol. The Balaban J connectivity index is 0.000000861. The second kappa shape index (κ2) is 5.99. The molecule has 19 heavy (non-hydrogen) atoms. The molecular formula is C14H25F2N3. The van der Waals surface area contributed by atoms with E-state index in [-0.39, 0.29) is 11.6 Å². The van der Waals surface area contributed by atoms with Gasteiger partial charge in [0.05, 0.1) is 6.04 Å². The lowest BCUT2D eigenvalue weighted by molar-refractivity contribution is 0.0128. The molecule has 1 aromatic heterocycles. The van der Waals surface area contributed by atoms with Crippen LogP contribution in [0.4, 0.5) is 8.78 Å². The van der Waals surface area contributed by atoms with Gasteiger partial charge in [0.15, 0.2) is 0 Å². The lowest BCUT2D eigenvalue weighted by Gasteiger charge is -2.38. The minimum absolute atomic E-state index is 0.115. The average molecular weight is 273 g/mol. The molecule has 1 aliphatic heterocycles. The first-order chi connectivity index (χ1) is 8.79. The summed E-state index contributed by atoms with van der Waals surface area (Å²) in [7, 11) is 2.03. The van der Waals surface area contributed by atoms with Crippen molar-refractivity contribution >= 4 is 0 Å². The number of alkyl halides is 2. The van der Waals surface area contributed by atoms with Crippen LogP contribution in [0.3, 0.4) is 0 Å². The van der Waals surface area contributed by atoms with Crippen molar-refractivity contribution in [1.82, 2.24) is 14.5 Å². The van der Waals surface area contributed by atoms with Gasteiger partial charge in [-0.05, 0) is 7.05 Å². The molecule has 2 rings (SSSR count). The third kappa shape index (κ3) is 3.53. The van der Waals surface area contributed by atoms with Crippen molar-refractivity contribution in [3.63, 3.8) is 0 Å². The van der Waals surface area contributed by atoms with E-state index >= 15 is 0 Å². The fraction of sp³-hybridized carbons (Fsp3) is 0.786. The highest BCUT2D eigenvalue weighted by Gasteiger charge is 2.33. The number of likely N-dealkylation sites (N-methyl/N-ethyl adjacent to an activating group) is 1. The molecule has 110 valence electrons. The molecule has 0 atom stereocenters. The van der Waals surface area contributed by atoms with Crippen LogP contribution in [0.15, 0.2) is 6.20 Å². The molecule has 1 aromatic rings. The first-order valence-electron chi connectivity index (χ1n) is 6.94. The fourth-order valence-corrected chi connectivity index (χ4v) is 2.18. The van der Waals surface area contributed by atoms with Crippen LogP contribution in [0.1, 0.15) is 58.1 Å². The summed E-state index contributed by atoms with van der Waals surface area (Å²) in [5.74, 6) is -1.93. The van der Waals surface area contributed by atoms with E-state index in [4.69, 9.17) is 0 Å². The molecular weight excluding hydrogens is 248 g/mol. The molecule has 2 heterocycles. The number of aromatic nitrogens is 2. The summed E-state index contributed by atoms with van der Waals surface area (Å²) in [4.78, 5) is 6.27. The molecule has 1 fully saturated rings. The van der Waals surface area contributed by atoms with Crippen molar-refractivity contribution in [2.45, 2.75) is 52.5 Å². The van der Waals surface area contributed by atoms with E-state index in [2.05, 4.69) is 9.88 Å². The lowest BCUT2D eigenvalue weighted by atomic mass is 10.1. The third-order valence-electron chi connectivity index (χ3n) is 3.17. The molecule has 3 nitrogen and oxygen atoms in total. The van der Waals surface area contributed by atoms with Gasteiger partial charge >= 0.3 is 0 Å². The van der Waals surface area contributed by atoms with Gasteiger partial charge in [0, 0.05) is 32.1 Å². The molecule has 1 saturated heterocycles. The third-order valence-corrected chi connectivity index (χ3v) is 3.17. The maximum atomic E-state index is 13.3. The monoisotopic (exact) mass is 273 g/mol.